The molecule has 0 aromatic carbocycles. The van der Waals surface area contributed by atoms with Gasteiger partial charge in [0.1, 0.15) is 6.04 Å². The normalized spacial score (nSPS) is 35.0. The Morgan fingerprint density at radius 3 is 2.28 bits per heavy atom. The van der Waals surface area contributed by atoms with Crippen LogP contribution in [0.1, 0.15) is 32.1 Å². The van der Waals surface area contributed by atoms with E-state index in [1.165, 1.54) is 19.3 Å². The second-order valence-corrected chi connectivity index (χ2v) is 5.83. The number of aliphatic carboxylic acids is 1. The fourth-order valence-electron chi connectivity index (χ4n) is 3.83. The number of urea groups is 1. The fourth-order valence-corrected chi connectivity index (χ4v) is 3.83. The summed E-state index contributed by atoms with van der Waals surface area (Å²) >= 11 is 0. The van der Waals surface area contributed by atoms with Crippen molar-refractivity contribution in [3.8, 4) is 0 Å². The minimum Gasteiger partial charge on any atom is -0.480 e. The molecule has 3 rings (SSSR count). The van der Waals surface area contributed by atoms with Crippen LogP contribution in [-0.2, 0) is 4.79 Å². The van der Waals surface area contributed by atoms with Gasteiger partial charge in [-0.3, -0.25) is 0 Å². The Bertz CT molecular complexity index is 359. The lowest BCUT2D eigenvalue weighted by Crippen LogP contribution is -2.47. The summed E-state index contributed by atoms with van der Waals surface area (Å²) in [6.45, 7) is 2.28. The summed E-state index contributed by atoms with van der Waals surface area (Å²) in [6.07, 6.45) is 5.16. The maximum atomic E-state index is 12.4. The number of carbonyl (C=O) groups is 2. The van der Waals surface area contributed by atoms with E-state index in [0.717, 1.165) is 19.5 Å². The molecule has 2 amide bonds. The van der Waals surface area contributed by atoms with E-state index < -0.39 is 12.0 Å². The minimum absolute atomic E-state index is 0.0469. The Morgan fingerprint density at radius 2 is 1.67 bits per heavy atom. The van der Waals surface area contributed by atoms with Gasteiger partial charge < -0.3 is 14.9 Å². The SMILES string of the molecule is O=C(O)[C@@H]1CCCN1C(=O)N1CC2CCCC2C1. The number of fused-ring (bicyclic) bond motifs is 1. The van der Waals surface area contributed by atoms with Crippen LogP contribution in [0.5, 0.6) is 0 Å². The number of hydrogen-bond donors (Lipinski definition) is 1. The van der Waals surface area contributed by atoms with Crippen LogP contribution in [0.25, 0.3) is 0 Å². The highest BCUT2D eigenvalue weighted by molar-refractivity contribution is 5.83. The van der Waals surface area contributed by atoms with Gasteiger partial charge in [-0.1, -0.05) is 6.42 Å². The van der Waals surface area contributed by atoms with E-state index in [0.29, 0.717) is 24.8 Å². The van der Waals surface area contributed by atoms with Gasteiger partial charge in [0, 0.05) is 19.6 Å². The third kappa shape index (κ3) is 1.85. The molecular weight excluding hydrogens is 232 g/mol. The third-order valence-corrected chi connectivity index (χ3v) is 4.78. The van der Waals surface area contributed by atoms with E-state index >= 15 is 0 Å². The average molecular weight is 252 g/mol. The Kier molecular flexibility index (Phi) is 2.92. The Labute approximate surface area is 107 Å². The van der Waals surface area contributed by atoms with Crippen LogP contribution in [0.3, 0.4) is 0 Å². The second kappa shape index (κ2) is 4.44. The van der Waals surface area contributed by atoms with Crippen molar-refractivity contribution in [2.75, 3.05) is 19.6 Å². The van der Waals surface area contributed by atoms with Crippen molar-refractivity contribution in [2.45, 2.75) is 38.1 Å². The van der Waals surface area contributed by atoms with E-state index in [-0.39, 0.29) is 6.03 Å². The number of nitrogens with zero attached hydrogens (tertiary/aromatic N) is 2. The van der Waals surface area contributed by atoms with E-state index in [4.69, 9.17) is 5.11 Å². The third-order valence-electron chi connectivity index (χ3n) is 4.78. The zero-order valence-corrected chi connectivity index (χ0v) is 10.5. The lowest BCUT2D eigenvalue weighted by atomic mass is 10.0. The van der Waals surface area contributed by atoms with Crippen LogP contribution in [-0.4, -0.2) is 52.6 Å². The maximum absolute atomic E-state index is 12.4. The largest absolute Gasteiger partial charge is 0.480 e. The topological polar surface area (TPSA) is 60.9 Å². The molecule has 0 bridgehead atoms. The molecule has 18 heavy (non-hydrogen) atoms. The molecule has 100 valence electrons. The Balaban J connectivity index is 1.66. The van der Waals surface area contributed by atoms with Gasteiger partial charge in [0.25, 0.3) is 0 Å². The molecule has 0 spiro atoms. The molecule has 5 heteroatoms. The van der Waals surface area contributed by atoms with E-state index in [1.807, 2.05) is 4.90 Å². The smallest absolute Gasteiger partial charge is 0.326 e. The predicted molar refractivity (Wildman–Crippen MR) is 65.2 cm³/mol. The number of likely N-dealkylation sites (tertiary alicyclic amines) is 2. The zero-order chi connectivity index (χ0) is 12.7. The summed E-state index contributed by atoms with van der Waals surface area (Å²) in [4.78, 5) is 26.9. The Hall–Kier alpha value is -1.26. The van der Waals surface area contributed by atoms with Crippen LogP contribution in [0.4, 0.5) is 4.79 Å². The van der Waals surface area contributed by atoms with Crippen molar-refractivity contribution < 1.29 is 14.7 Å². The van der Waals surface area contributed by atoms with Crippen molar-refractivity contribution in [1.29, 1.82) is 0 Å². The average Bonchev–Trinajstić information content (AvgIpc) is 3.02. The molecular formula is C13H20N2O3. The lowest BCUT2D eigenvalue weighted by molar-refractivity contribution is -0.141. The lowest BCUT2D eigenvalue weighted by Gasteiger charge is -2.27. The minimum atomic E-state index is -0.861. The summed E-state index contributed by atoms with van der Waals surface area (Å²) < 4.78 is 0. The highest BCUT2D eigenvalue weighted by atomic mass is 16.4. The highest BCUT2D eigenvalue weighted by Gasteiger charge is 2.42. The maximum Gasteiger partial charge on any atom is 0.326 e. The van der Waals surface area contributed by atoms with Gasteiger partial charge in [0.05, 0.1) is 0 Å². The van der Waals surface area contributed by atoms with Crippen LogP contribution in [0.15, 0.2) is 0 Å². The second-order valence-electron chi connectivity index (χ2n) is 5.83. The molecule has 1 N–H and O–H groups in total. The van der Waals surface area contributed by atoms with Crippen LogP contribution >= 0.6 is 0 Å². The highest BCUT2D eigenvalue weighted by Crippen LogP contribution is 2.38. The number of hydrogen-bond acceptors (Lipinski definition) is 2. The molecule has 3 aliphatic rings. The van der Waals surface area contributed by atoms with Crippen molar-refractivity contribution in [3.05, 3.63) is 0 Å². The molecule has 5 nitrogen and oxygen atoms in total. The Morgan fingerprint density at radius 1 is 1.00 bits per heavy atom. The standard InChI is InChI=1S/C13H20N2O3/c16-12(17)11-5-2-6-15(11)13(18)14-7-9-3-1-4-10(9)8-14/h9-11H,1-8H2,(H,16,17)/t9?,10?,11-/m0/s1. The summed E-state index contributed by atoms with van der Waals surface area (Å²) in [5.41, 5.74) is 0. The first kappa shape index (κ1) is 11.8. The van der Waals surface area contributed by atoms with Crippen LogP contribution in [0, 0.1) is 11.8 Å². The zero-order valence-electron chi connectivity index (χ0n) is 10.5. The van der Waals surface area contributed by atoms with Gasteiger partial charge in [-0.05, 0) is 37.5 Å². The van der Waals surface area contributed by atoms with E-state index in [9.17, 15) is 9.59 Å². The number of carbonyl (C=O) groups excluding carboxylic acids is 1. The summed E-state index contributed by atoms with van der Waals surface area (Å²) in [5, 5.41) is 9.12. The number of carboxylic acids is 1. The molecule has 2 heterocycles. The number of amides is 2. The molecule has 3 fully saturated rings. The number of rotatable bonds is 1. The summed E-state index contributed by atoms with van der Waals surface area (Å²) in [7, 11) is 0. The van der Waals surface area contributed by atoms with Gasteiger partial charge in [-0.2, -0.15) is 0 Å². The van der Waals surface area contributed by atoms with Crippen molar-refractivity contribution >= 4 is 12.0 Å². The van der Waals surface area contributed by atoms with Gasteiger partial charge in [0.2, 0.25) is 0 Å². The van der Waals surface area contributed by atoms with Gasteiger partial charge in [-0.25, -0.2) is 9.59 Å². The van der Waals surface area contributed by atoms with Gasteiger partial charge in [-0.15, -0.1) is 0 Å². The monoisotopic (exact) mass is 252 g/mol. The predicted octanol–water partition coefficient (Wildman–Crippen LogP) is 1.39. The van der Waals surface area contributed by atoms with Crippen LogP contribution in [0.2, 0.25) is 0 Å². The summed E-state index contributed by atoms with van der Waals surface area (Å²) in [6, 6.07) is -0.646. The quantitative estimate of drug-likeness (QED) is 0.767. The molecule has 2 saturated heterocycles. The molecule has 3 atom stereocenters. The summed E-state index contributed by atoms with van der Waals surface area (Å²) in [5.74, 6) is 0.472. The number of carboxylic acid groups (broad SMARTS) is 1. The van der Waals surface area contributed by atoms with Crippen molar-refractivity contribution in [1.82, 2.24) is 9.80 Å². The molecule has 1 aliphatic carbocycles. The van der Waals surface area contributed by atoms with Gasteiger partial charge in [0.15, 0.2) is 0 Å². The van der Waals surface area contributed by atoms with Crippen molar-refractivity contribution in [2.24, 2.45) is 11.8 Å². The first-order valence-electron chi connectivity index (χ1n) is 6.95. The molecule has 0 radical (unpaired) electrons. The fraction of sp³-hybridized carbons (Fsp3) is 0.846. The first-order valence-corrected chi connectivity index (χ1v) is 6.95. The van der Waals surface area contributed by atoms with Crippen molar-refractivity contribution in [3.63, 3.8) is 0 Å². The van der Waals surface area contributed by atoms with E-state index in [2.05, 4.69) is 0 Å². The molecule has 2 aliphatic heterocycles. The van der Waals surface area contributed by atoms with E-state index in [1.54, 1.807) is 4.90 Å². The van der Waals surface area contributed by atoms with Crippen LogP contribution < -0.4 is 0 Å². The molecule has 0 aromatic heterocycles. The first-order chi connectivity index (χ1) is 8.66. The molecule has 1 saturated carbocycles. The molecule has 2 unspecified atom stereocenters. The molecule has 0 aromatic rings. The van der Waals surface area contributed by atoms with Gasteiger partial charge >= 0.3 is 12.0 Å².